The fourth-order valence-electron chi connectivity index (χ4n) is 2.18. The summed E-state index contributed by atoms with van der Waals surface area (Å²) in [5.41, 5.74) is 0.583. The third kappa shape index (κ3) is 2.64. The Kier molecular flexibility index (Phi) is 3.55. The molecule has 0 atom stereocenters. The molecule has 1 aromatic heterocycles. The van der Waals surface area contributed by atoms with Crippen LogP contribution in [0.4, 0.5) is 4.79 Å². The standard InChI is InChI=1S/C12H16N2O4/c1-8-10(4-7-18-8)11(15)14-5-2-9(3-6-14)13-12(16)17/h4,7,9,13H,2-3,5-6H2,1H3,(H,16,17). The van der Waals surface area contributed by atoms with Gasteiger partial charge < -0.3 is 19.7 Å². The largest absolute Gasteiger partial charge is 0.469 e. The summed E-state index contributed by atoms with van der Waals surface area (Å²) < 4.78 is 5.11. The Morgan fingerprint density at radius 3 is 2.61 bits per heavy atom. The number of aryl methyl sites for hydroxylation is 1. The van der Waals surface area contributed by atoms with Gasteiger partial charge in [0.25, 0.3) is 5.91 Å². The highest BCUT2D eigenvalue weighted by molar-refractivity contribution is 5.95. The van der Waals surface area contributed by atoms with Crippen molar-refractivity contribution in [1.29, 1.82) is 0 Å². The smallest absolute Gasteiger partial charge is 0.404 e. The number of hydrogen-bond acceptors (Lipinski definition) is 3. The number of carbonyl (C=O) groups is 2. The molecule has 0 spiro atoms. The molecule has 1 fully saturated rings. The van der Waals surface area contributed by atoms with Crippen LogP contribution >= 0.6 is 0 Å². The molecule has 1 saturated heterocycles. The zero-order valence-corrected chi connectivity index (χ0v) is 10.2. The summed E-state index contributed by atoms with van der Waals surface area (Å²) in [5.74, 6) is 0.570. The van der Waals surface area contributed by atoms with Gasteiger partial charge in [0.05, 0.1) is 11.8 Å². The number of hydrogen-bond donors (Lipinski definition) is 2. The third-order valence-electron chi connectivity index (χ3n) is 3.20. The Bertz CT molecular complexity index is 447. The van der Waals surface area contributed by atoms with Crippen molar-refractivity contribution in [3.8, 4) is 0 Å². The van der Waals surface area contributed by atoms with Gasteiger partial charge in [-0.25, -0.2) is 4.79 Å². The molecular weight excluding hydrogens is 236 g/mol. The minimum absolute atomic E-state index is 0.0463. The lowest BCUT2D eigenvalue weighted by Crippen LogP contribution is -2.46. The molecule has 1 aliphatic heterocycles. The second kappa shape index (κ2) is 5.12. The van der Waals surface area contributed by atoms with Crippen LogP contribution in [0.3, 0.4) is 0 Å². The zero-order chi connectivity index (χ0) is 13.1. The SMILES string of the molecule is Cc1occc1C(=O)N1CCC(NC(=O)O)CC1. The van der Waals surface area contributed by atoms with Crippen LogP contribution in [-0.2, 0) is 0 Å². The molecule has 0 aliphatic carbocycles. The lowest BCUT2D eigenvalue weighted by Gasteiger charge is -2.31. The predicted octanol–water partition coefficient (Wildman–Crippen LogP) is 1.46. The molecule has 0 bridgehead atoms. The van der Waals surface area contributed by atoms with E-state index in [0.717, 1.165) is 0 Å². The van der Waals surface area contributed by atoms with Gasteiger partial charge >= 0.3 is 6.09 Å². The summed E-state index contributed by atoms with van der Waals surface area (Å²) in [6, 6.07) is 1.61. The normalized spacial score (nSPS) is 16.6. The maximum atomic E-state index is 12.1. The highest BCUT2D eigenvalue weighted by atomic mass is 16.4. The first-order valence-electron chi connectivity index (χ1n) is 5.90. The summed E-state index contributed by atoms with van der Waals surface area (Å²) >= 11 is 0. The molecule has 18 heavy (non-hydrogen) atoms. The third-order valence-corrected chi connectivity index (χ3v) is 3.20. The van der Waals surface area contributed by atoms with Gasteiger partial charge in [-0.15, -0.1) is 0 Å². The Morgan fingerprint density at radius 2 is 2.11 bits per heavy atom. The number of rotatable bonds is 2. The van der Waals surface area contributed by atoms with Crippen molar-refractivity contribution < 1.29 is 19.1 Å². The summed E-state index contributed by atoms with van der Waals surface area (Å²) in [5, 5.41) is 11.1. The van der Waals surface area contributed by atoms with E-state index in [9.17, 15) is 9.59 Å². The summed E-state index contributed by atoms with van der Waals surface area (Å²) in [6.07, 6.45) is 1.79. The van der Waals surface area contributed by atoms with E-state index in [0.29, 0.717) is 37.3 Å². The van der Waals surface area contributed by atoms with E-state index < -0.39 is 6.09 Å². The molecule has 1 aliphatic rings. The predicted molar refractivity (Wildman–Crippen MR) is 63.5 cm³/mol. The molecular formula is C12H16N2O4. The minimum atomic E-state index is -1.01. The van der Waals surface area contributed by atoms with Gasteiger partial charge in [0.15, 0.2) is 0 Å². The van der Waals surface area contributed by atoms with E-state index in [1.54, 1.807) is 17.9 Å². The molecule has 6 nitrogen and oxygen atoms in total. The molecule has 1 aromatic rings. The summed E-state index contributed by atoms with van der Waals surface area (Å²) in [4.78, 5) is 24.4. The van der Waals surface area contributed by atoms with Crippen molar-refractivity contribution in [2.24, 2.45) is 0 Å². The number of nitrogens with zero attached hydrogens (tertiary/aromatic N) is 1. The average Bonchev–Trinajstić information content (AvgIpc) is 2.75. The van der Waals surface area contributed by atoms with Crippen molar-refractivity contribution in [3.63, 3.8) is 0 Å². The lowest BCUT2D eigenvalue weighted by atomic mass is 10.0. The number of furan rings is 1. The van der Waals surface area contributed by atoms with E-state index in [2.05, 4.69) is 5.32 Å². The first-order chi connectivity index (χ1) is 8.58. The molecule has 0 radical (unpaired) electrons. The highest BCUT2D eigenvalue weighted by Gasteiger charge is 2.25. The van der Waals surface area contributed by atoms with Crippen LogP contribution < -0.4 is 5.32 Å². The number of carbonyl (C=O) groups excluding carboxylic acids is 1. The molecule has 6 heteroatoms. The summed E-state index contributed by atoms with van der Waals surface area (Å²) in [7, 11) is 0. The van der Waals surface area contributed by atoms with E-state index >= 15 is 0 Å². The Morgan fingerprint density at radius 1 is 1.44 bits per heavy atom. The van der Waals surface area contributed by atoms with Crippen LogP contribution in [0.5, 0.6) is 0 Å². The number of piperidine rings is 1. The van der Waals surface area contributed by atoms with Gasteiger partial charge in [-0.3, -0.25) is 4.79 Å². The lowest BCUT2D eigenvalue weighted by molar-refractivity contribution is 0.0704. The molecule has 2 rings (SSSR count). The van der Waals surface area contributed by atoms with Crippen LogP contribution in [0, 0.1) is 6.92 Å². The Balaban J connectivity index is 1.92. The quantitative estimate of drug-likeness (QED) is 0.834. The number of carboxylic acid groups (broad SMARTS) is 1. The molecule has 0 aromatic carbocycles. The molecule has 0 unspecified atom stereocenters. The minimum Gasteiger partial charge on any atom is -0.469 e. The van der Waals surface area contributed by atoms with E-state index in [1.165, 1.54) is 6.26 Å². The average molecular weight is 252 g/mol. The van der Waals surface area contributed by atoms with E-state index in [-0.39, 0.29) is 11.9 Å². The summed E-state index contributed by atoms with van der Waals surface area (Å²) in [6.45, 7) is 2.88. The molecule has 2 amide bonds. The second-order valence-corrected chi connectivity index (χ2v) is 4.41. The Hall–Kier alpha value is -1.98. The van der Waals surface area contributed by atoms with Crippen LogP contribution in [0.1, 0.15) is 29.0 Å². The van der Waals surface area contributed by atoms with Crippen molar-refractivity contribution >= 4 is 12.0 Å². The van der Waals surface area contributed by atoms with E-state index in [1.807, 2.05) is 0 Å². The van der Waals surface area contributed by atoms with Crippen molar-refractivity contribution in [1.82, 2.24) is 10.2 Å². The Labute approximate surface area is 105 Å². The number of nitrogens with one attached hydrogen (secondary N) is 1. The van der Waals surface area contributed by atoms with Crippen LogP contribution in [0.25, 0.3) is 0 Å². The fourth-order valence-corrected chi connectivity index (χ4v) is 2.18. The van der Waals surface area contributed by atoms with Gasteiger partial charge in [-0.1, -0.05) is 0 Å². The van der Waals surface area contributed by atoms with Crippen LogP contribution in [-0.4, -0.2) is 41.1 Å². The maximum Gasteiger partial charge on any atom is 0.404 e. The van der Waals surface area contributed by atoms with Crippen LogP contribution in [0.15, 0.2) is 16.7 Å². The van der Waals surface area contributed by atoms with E-state index in [4.69, 9.17) is 9.52 Å². The molecule has 0 saturated carbocycles. The van der Waals surface area contributed by atoms with Crippen molar-refractivity contribution in [3.05, 3.63) is 23.7 Å². The zero-order valence-electron chi connectivity index (χ0n) is 10.2. The monoisotopic (exact) mass is 252 g/mol. The highest BCUT2D eigenvalue weighted by Crippen LogP contribution is 2.16. The first kappa shape index (κ1) is 12.5. The van der Waals surface area contributed by atoms with Crippen molar-refractivity contribution in [2.75, 3.05) is 13.1 Å². The fraction of sp³-hybridized carbons (Fsp3) is 0.500. The molecule has 2 N–H and O–H groups in total. The van der Waals surface area contributed by atoms with Gasteiger partial charge in [0, 0.05) is 19.1 Å². The number of likely N-dealkylation sites (tertiary alicyclic amines) is 1. The van der Waals surface area contributed by atoms with Gasteiger partial charge in [0.2, 0.25) is 0 Å². The van der Waals surface area contributed by atoms with Crippen LogP contribution in [0.2, 0.25) is 0 Å². The van der Waals surface area contributed by atoms with Gasteiger partial charge in [-0.05, 0) is 25.8 Å². The second-order valence-electron chi connectivity index (χ2n) is 4.41. The van der Waals surface area contributed by atoms with Gasteiger partial charge in [-0.2, -0.15) is 0 Å². The first-order valence-corrected chi connectivity index (χ1v) is 5.90. The van der Waals surface area contributed by atoms with Gasteiger partial charge in [0.1, 0.15) is 5.76 Å². The molecule has 98 valence electrons. The molecule has 2 heterocycles. The van der Waals surface area contributed by atoms with Crippen molar-refractivity contribution in [2.45, 2.75) is 25.8 Å². The maximum absolute atomic E-state index is 12.1. The number of amides is 2. The topological polar surface area (TPSA) is 82.8 Å².